The maximum atomic E-state index is 14.5. The molecule has 2 saturated carbocycles. The summed E-state index contributed by atoms with van der Waals surface area (Å²) >= 11 is 0. The second-order valence-corrected chi connectivity index (χ2v) is 22.8. The fourth-order valence-corrected chi connectivity index (χ4v) is 11.8. The van der Waals surface area contributed by atoms with Gasteiger partial charge in [0.2, 0.25) is 5.78 Å². The van der Waals surface area contributed by atoms with Gasteiger partial charge in [-0.3, -0.25) is 18.9 Å². The molecule has 0 unspecified atom stereocenters. The first-order valence-electron chi connectivity index (χ1n) is 17.5. The van der Waals surface area contributed by atoms with E-state index in [-0.39, 0.29) is 78.5 Å². The van der Waals surface area contributed by atoms with E-state index < -0.39 is 32.9 Å². The van der Waals surface area contributed by atoms with Crippen LogP contribution in [0.4, 0.5) is 0 Å². The first kappa shape index (κ1) is 38.4. The molecule has 0 bridgehead atoms. The van der Waals surface area contributed by atoms with Crippen molar-refractivity contribution in [3.8, 4) is 0 Å². The lowest BCUT2D eigenvalue weighted by atomic mass is 9.46. The fourth-order valence-electron chi connectivity index (χ4n) is 9.12. The van der Waals surface area contributed by atoms with Crippen LogP contribution in [0, 0.1) is 28.6 Å². The lowest BCUT2D eigenvalue weighted by molar-refractivity contribution is -0.198. The normalized spacial score (nSPS) is 34.1. The van der Waals surface area contributed by atoms with Crippen molar-refractivity contribution in [2.75, 3.05) is 26.2 Å². The molecule has 0 aromatic heterocycles. The molecule has 4 aliphatic carbocycles. The number of ketones is 2. The highest BCUT2D eigenvalue weighted by atomic mass is 31.2. The Morgan fingerprint density at radius 3 is 2.30 bits per heavy atom. The van der Waals surface area contributed by atoms with E-state index in [4.69, 9.17) is 22.9 Å². The van der Waals surface area contributed by atoms with Gasteiger partial charge in [0.25, 0.3) is 0 Å². The van der Waals surface area contributed by atoms with E-state index in [1.54, 1.807) is 26.8 Å². The van der Waals surface area contributed by atoms with Crippen molar-refractivity contribution in [3.05, 3.63) is 23.3 Å². The second kappa shape index (κ2) is 13.7. The van der Waals surface area contributed by atoms with E-state index in [1.165, 1.54) is 11.1 Å². The molecule has 0 aliphatic heterocycles. The third-order valence-electron chi connectivity index (χ3n) is 12.3. The number of Topliss-reactive ketones (excluding diaryl/α,β-unsaturated/α-hetero) is 1. The first-order valence-corrected chi connectivity index (χ1v) is 22.2. The van der Waals surface area contributed by atoms with E-state index in [0.29, 0.717) is 25.7 Å². The molecule has 0 N–H and O–H groups in total. The lowest BCUT2D eigenvalue weighted by Gasteiger charge is -2.62. The topological polar surface area (TPSA) is 114 Å². The van der Waals surface area contributed by atoms with Crippen molar-refractivity contribution in [3.63, 3.8) is 0 Å². The van der Waals surface area contributed by atoms with Gasteiger partial charge < -0.3 is 22.9 Å². The van der Waals surface area contributed by atoms with Gasteiger partial charge in [-0.15, -0.1) is 0 Å². The molecular weight excluding hydrogens is 635 g/mol. The molecule has 2 fully saturated rings. The van der Waals surface area contributed by atoms with Crippen LogP contribution in [0.3, 0.4) is 0 Å². The number of carbonyl (C=O) groups excluding carboxylic acids is 3. The van der Waals surface area contributed by atoms with Gasteiger partial charge in [0.1, 0.15) is 13.0 Å². The third kappa shape index (κ3) is 6.85. The fraction of sp³-hybridized carbons (Fsp3) is 0.806. The number of carbonyl (C=O) groups is 3. The number of hydrogen-bond donors (Lipinski definition) is 0. The Bertz CT molecular complexity index is 1340. The van der Waals surface area contributed by atoms with Crippen LogP contribution in [0.5, 0.6) is 0 Å². The number of hydrogen-bond acceptors (Lipinski definition) is 9. The molecule has 9 nitrogen and oxygen atoms in total. The Morgan fingerprint density at radius 1 is 1.09 bits per heavy atom. The van der Waals surface area contributed by atoms with Crippen molar-refractivity contribution >= 4 is 33.4 Å². The molecule has 266 valence electrons. The summed E-state index contributed by atoms with van der Waals surface area (Å²) < 4.78 is 43.4. The minimum atomic E-state index is -3.54. The summed E-state index contributed by atoms with van der Waals surface area (Å²) in [5.41, 5.74) is -0.0745. The number of esters is 1. The van der Waals surface area contributed by atoms with Crippen molar-refractivity contribution in [1.29, 1.82) is 0 Å². The van der Waals surface area contributed by atoms with Gasteiger partial charge in [-0.25, -0.2) is 0 Å². The van der Waals surface area contributed by atoms with Crippen LogP contribution in [0.15, 0.2) is 23.3 Å². The van der Waals surface area contributed by atoms with Gasteiger partial charge in [-0.05, 0) is 88.4 Å². The van der Waals surface area contributed by atoms with Gasteiger partial charge >= 0.3 is 13.6 Å². The van der Waals surface area contributed by atoms with Crippen molar-refractivity contribution in [2.45, 2.75) is 131 Å². The predicted octanol–water partition coefficient (Wildman–Crippen LogP) is 8.19. The van der Waals surface area contributed by atoms with Gasteiger partial charge in [0.15, 0.2) is 19.7 Å². The smallest absolute Gasteiger partial charge is 0.356 e. The largest absolute Gasteiger partial charge is 0.450 e. The summed E-state index contributed by atoms with van der Waals surface area (Å²) in [6.45, 7) is 22.9. The standard InChI is InChI=1S/C36H59O9PSi/c1-12-31(39)44-36(30(38)22-41-23-46(40,42-13-2)43-14-3)18-16-27-26-19-24(4)28-20-25(37)15-17-34(28,8)32(26)29(21-35(27,36)9)45-47(10,11)33(5,6)7/h15,17,26-27,29,32H,12-14,16,18-23H2,1-11H3/t26-,27-,29-,32+,34-,35-,36-/m0/s1. The van der Waals surface area contributed by atoms with Crippen LogP contribution in [0.1, 0.15) is 101 Å². The second-order valence-electron chi connectivity index (χ2n) is 16.1. The highest BCUT2D eigenvalue weighted by molar-refractivity contribution is 7.53. The molecule has 0 heterocycles. The van der Waals surface area contributed by atoms with Gasteiger partial charge in [0.05, 0.1) is 13.2 Å². The SMILES string of the molecule is CCOP(=O)(COCC(=O)[C@@]1(OC(=O)CC)CC[C@H]2[C@@H]3CC(C)=C4CC(=O)C=C[C@]4(C)[C@H]3[C@@H](O[Si](C)(C)C(C)(C)C)C[C@@]21C)OCC. The third-order valence-corrected chi connectivity index (χ3v) is 18.6. The highest BCUT2D eigenvalue weighted by Gasteiger charge is 2.71. The van der Waals surface area contributed by atoms with E-state index >= 15 is 0 Å². The van der Waals surface area contributed by atoms with Crippen LogP contribution in [-0.4, -0.2) is 63.7 Å². The average molecular weight is 695 g/mol. The Kier molecular flexibility index (Phi) is 11.2. The van der Waals surface area contributed by atoms with Gasteiger partial charge in [0, 0.05) is 29.8 Å². The Labute approximate surface area is 283 Å². The number of allylic oxidation sites excluding steroid dienone is 4. The molecule has 7 atom stereocenters. The summed E-state index contributed by atoms with van der Waals surface area (Å²) in [7, 11) is -5.86. The average Bonchev–Trinajstić information content (AvgIpc) is 3.25. The maximum Gasteiger partial charge on any atom is 0.356 e. The van der Waals surface area contributed by atoms with Crippen LogP contribution >= 0.6 is 7.60 Å². The van der Waals surface area contributed by atoms with E-state index in [2.05, 4.69) is 60.7 Å². The first-order chi connectivity index (χ1) is 21.7. The highest BCUT2D eigenvalue weighted by Crippen LogP contribution is 2.69. The number of fused-ring (bicyclic) bond motifs is 5. The molecule has 0 aromatic carbocycles. The van der Waals surface area contributed by atoms with E-state index in [1.807, 2.05) is 0 Å². The summed E-state index contributed by atoms with van der Waals surface area (Å²) in [5.74, 6) is -0.300. The summed E-state index contributed by atoms with van der Waals surface area (Å²) in [4.78, 5) is 40.4. The molecule has 4 aliphatic rings. The predicted molar refractivity (Wildman–Crippen MR) is 184 cm³/mol. The molecule has 0 aromatic rings. The molecule has 0 radical (unpaired) electrons. The molecule has 0 saturated heterocycles. The van der Waals surface area contributed by atoms with E-state index in [0.717, 1.165) is 6.42 Å². The van der Waals surface area contributed by atoms with Crippen LogP contribution < -0.4 is 0 Å². The lowest BCUT2D eigenvalue weighted by Crippen LogP contribution is -2.64. The van der Waals surface area contributed by atoms with Crippen molar-refractivity contribution in [1.82, 2.24) is 0 Å². The molecular formula is C36H59O9PSi. The molecule has 47 heavy (non-hydrogen) atoms. The van der Waals surface area contributed by atoms with Crippen LogP contribution in [0.25, 0.3) is 0 Å². The zero-order chi connectivity index (χ0) is 35.2. The van der Waals surface area contributed by atoms with E-state index in [9.17, 15) is 18.9 Å². The molecule has 0 spiro atoms. The summed E-state index contributed by atoms with van der Waals surface area (Å²) in [6, 6.07) is 0. The Morgan fingerprint density at radius 2 is 1.72 bits per heavy atom. The minimum Gasteiger partial charge on any atom is -0.450 e. The monoisotopic (exact) mass is 694 g/mol. The van der Waals surface area contributed by atoms with Gasteiger partial charge in [-0.1, -0.05) is 58.8 Å². The Hall–Kier alpha value is -1.42. The quantitative estimate of drug-likeness (QED) is 0.0815. The zero-order valence-corrected chi connectivity index (χ0v) is 32.6. The zero-order valence-electron chi connectivity index (χ0n) is 30.7. The molecule has 11 heteroatoms. The summed E-state index contributed by atoms with van der Waals surface area (Å²) in [6.07, 6.45) is 6.28. The number of rotatable bonds is 13. The Balaban J connectivity index is 1.80. The van der Waals surface area contributed by atoms with Crippen LogP contribution in [0.2, 0.25) is 18.1 Å². The molecule has 0 amide bonds. The maximum absolute atomic E-state index is 14.5. The van der Waals surface area contributed by atoms with Crippen molar-refractivity contribution < 1.29 is 41.9 Å². The molecule has 4 rings (SSSR count). The minimum absolute atomic E-state index is 0.0526. The van der Waals surface area contributed by atoms with Crippen LogP contribution in [-0.2, 0) is 41.9 Å². The summed E-state index contributed by atoms with van der Waals surface area (Å²) in [5, 5.41) is -0.0526. The number of ether oxygens (including phenoxy) is 2. The van der Waals surface area contributed by atoms with Gasteiger partial charge in [-0.2, -0.15) is 0 Å². The van der Waals surface area contributed by atoms with Crippen molar-refractivity contribution in [2.24, 2.45) is 28.6 Å².